The fraction of sp³-hybridized carbons (Fsp3) is 0.227. The molecule has 2 heterocycles. The number of halogens is 2. The third kappa shape index (κ3) is 4.42. The third-order valence-corrected chi connectivity index (χ3v) is 5.66. The first-order valence-corrected chi connectivity index (χ1v) is 10.2. The summed E-state index contributed by atoms with van der Waals surface area (Å²) in [5.41, 5.74) is 2.44. The van der Waals surface area contributed by atoms with Crippen LogP contribution >= 0.6 is 23.2 Å². The minimum Gasteiger partial charge on any atom is -0.451 e. The van der Waals surface area contributed by atoms with E-state index in [0.717, 1.165) is 31.9 Å². The molecular weight excluding hydrogens is 409 g/mol. The van der Waals surface area contributed by atoms with E-state index in [4.69, 9.17) is 27.6 Å². The molecule has 1 fully saturated rings. The van der Waals surface area contributed by atoms with E-state index >= 15 is 0 Å². The fourth-order valence-electron chi connectivity index (χ4n) is 3.34. The molecule has 1 N–H and O–H groups in total. The number of piperazine rings is 1. The molecule has 150 valence electrons. The smallest absolute Gasteiger partial charge is 0.291 e. The fourth-order valence-corrected chi connectivity index (χ4v) is 3.92. The second-order valence-corrected chi connectivity index (χ2v) is 7.87. The van der Waals surface area contributed by atoms with Crippen LogP contribution in [-0.4, -0.2) is 44.0 Å². The number of nitrogens with zero attached hydrogens (tertiary/aromatic N) is 2. The average molecular weight is 430 g/mol. The van der Waals surface area contributed by atoms with E-state index in [1.807, 2.05) is 24.3 Å². The van der Waals surface area contributed by atoms with E-state index in [1.54, 1.807) is 30.3 Å². The highest BCUT2D eigenvalue weighted by molar-refractivity contribution is 6.39. The summed E-state index contributed by atoms with van der Waals surface area (Å²) in [7, 11) is 2.13. The van der Waals surface area contributed by atoms with Gasteiger partial charge in [-0.05, 0) is 55.6 Å². The molecule has 2 aromatic carbocycles. The summed E-state index contributed by atoms with van der Waals surface area (Å²) in [5.74, 6) is 0.321. The maximum atomic E-state index is 12.6. The summed E-state index contributed by atoms with van der Waals surface area (Å²) < 4.78 is 5.70. The molecule has 1 saturated heterocycles. The molecule has 3 aromatic rings. The summed E-state index contributed by atoms with van der Waals surface area (Å²) >= 11 is 12.4. The van der Waals surface area contributed by atoms with Gasteiger partial charge in [-0.25, -0.2) is 0 Å². The van der Waals surface area contributed by atoms with Crippen molar-refractivity contribution in [2.45, 2.75) is 0 Å². The molecule has 0 unspecified atom stereocenters. The van der Waals surface area contributed by atoms with Crippen LogP contribution in [0, 0.1) is 0 Å². The molecule has 1 amide bonds. The quantitative estimate of drug-likeness (QED) is 0.614. The van der Waals surface area contributed by atoms with Gasteiger partial charge in [-0.1, -0.05) is 29.3 Å². The van der Waals surface area contributed by atoms with Gasteiger partial charge in [0.2, 0.25) is 0 Å². The van der Waals surface area contributed by atoms with Crippen LogP contribution in [0.2, 0.25) is 10.0 Å². The summed E-state index contributed by atoms with van der Waals surface area (Å²) in [6.07, 6.45) is 0. The van der Waals surface area contributed by atoms with Crippen LogP contribution in [0.3, 0.4) is 0 Å². The van der Waals surface area contributed by atoms with E-state index in [1.165, 1.54) is 0 Å². The highest BCUT2D eigenvalue weighted by Crippen LogP contribution is 2.35. The number of amides is 1. The van der Waals surface area contributed by atoms with Gasteiger partial charge in [0.1, 0.15) is 5.76 Å². The Morgan fingerprint density at radius 1 is 0.931 bits per heavy atom. The second-order valence-electron chi connectivity index (χ2n) is 7.05. The normalized spacial score (nSPS) is 14.8. The number of rotatable bonds is 4. The predicted molar refractivity (Wildman–Crippen MR) is 118 cm³/mol. The molecule has 0 bridgehead atoms. The highest BCUT2D eigenvalue weighted by Gasteiger charge is 2.17. The Labute approximate surface area is 179 Å². The first-order chi connectivity index (χ1) is 14.0. The Bertz CT molecular complexity index is 989. The van der Waals surface area contributed by atoms with Crippen molar-refractivity contribution in [3.05, 3.63) is 70.4 Å². The minimum absolute atomic E-state index is 0.194. The number of furan rings is 1. The van der Waals surface area contributed by atoms with Crippen LogP contribution in [0.1, 0.15) is 10.6 Å². The molecule has 0 saturated carbocycles. The number of benzene rings is 2. The molecule has 1 aromatic heterocycles. The van der Waals surface area contributed by atoms with E-state index in [9.17, 15) is 4.79 Å². The maximum Gasteiger partial charge on any atom is 0.291 e. The van der Waals surface area contributed by atoms with Crippen molar-refractivity contribution in [3.63, 3.8) is 0 Å². The van der Waals surface area contributed by atoms with E-state index in [2.05, 4.69) is 22.2 Å². The Morgan fingerprint density at radius 3 is 2.24 bits per heavy atom. The molecule has 7 heteroatoms. The van der Waals surface area contributed by atoms with E-state index < -0.39 is 0 Å². The summed E-state index contributed by atoms with van der Waals surface area (Å²) in [5, 5.41) is 3.81. The maximum absolute atomic E-state index is 12.6. The average Bonchev–Trinajstić information content (AvgIpc) is 3.19. The molecule has 0 aliphatic carbocycles. The Balaban J connectivity index is 1.44. The Morgan fingerprint density at radius 2 is 1.59 bits per heavy atom. The molecule has 5 nitrogen and oxygen atoms in total. The lowest BCUT2D eigenvalue weighted by molar-refractivity contribution is 0.0997. The first kappa shape index (κ1) is 19.8. The monoisotopic (exact) mass is 429 g/mol. The second kappa shape index (κ2) is 8.49. The molecule has 0 spiro atoms. The number of likely N-dealkylation sites (N-methyl/N-ethyl adjacent to an activating group) is 1. The van der Waals surface area contributed by atoms with Gasteiger partial charge in [0.05, 0.1) is 15.6 Å². The van der Waals surface area contributed by atoms with Gasteiger partial charge in [0.25, 0.3) is 5.91 Å². The van der Waals surface area contributed by atoms with E-state index in [0.29, 0.717) is 27.1 Å². The van der Waals surface area contributed by atoms with Crippen LogP contribution in [0.25, 0.3) is 11.3 Å². The topological polar surface area (TPSA) is 48.7 Å². The standard InChI is InChI=1S/C22H21Cl2N3O2/c1-26-11-13-27(14-12-26)16-7-5-15(6-8-16)25-22(28)20-10-9-19(29-20)21-17(23)3-2-4-18(21)24/h2-10H,11-14H2,1H3,(H,25,28). The lowest BCUT2D eigenvalue weighted by Crippen LogP contribution is -2.44. The van der Waals surface area contributed by atoms with Crippen molar-refractivity contribution in [3.8, 4) is 11.3 Å². The number of carbonyl (C=O) groups is 1. The van der Waals surface area contributed by atoms with Gasteiger partial charge in [-0.2, -0.15) is 0 Å². The largest absolute Gasteiger partial charge is 0.451 e. The van der Waals surface area contributed by atoms with Gasteiger partial charge in [-0.3, -0.25) is 4.79 Å². The SMILES string of the molecule is CN1CCN(c2ccc(NC(=O)c3ccc(-c4c(Cl)cccc4Cl)o3)cc2)CC1. The number of hydrogen-bond donors (Lipinski definition) is 1. The van der Waals surface area contributed by atoms with Gasteiger partial charge < -0.3 is 19.5 Å². The van der Waals surface area contributed by atoms with Gasteiger partial charge in [0.15, 0.2) is 5.76 Å². The van der Waals surface area contributed by atoms with Crippen molar-refractivity contribution in [2.24, 2.45) is 0 Å². The predicted octanol–water partition coefficient (Wildman–Crippen LogP) is 5.26. The number of anilines is 2. The Kier molecular flexibility index (Phi) is 5.81. The Hall–Kier alpha value is -2.47. The number of carbonyl (C=O) groups excluding carboxylic acids is 1. The van der Waals surface area contributed by atoms with Crippen LogP contribution in [-0.2, 0) is 0 Å². The molecule has 0 atom stereocenters. The third-order valence-electron chi connectivity index (χ3n) is 5.03. The molecule has 1 aliphatic rings. The van der Waals surface area contributed by atoms with Crippen molar-refractivity contribution in [1.82, 2.24) is 4.90 Å². The summed E-state index contributed by atoms with van der Waals surface area (Å²) in [4.78, 5) is 17.2. The van der Waals surface area contributed by atoms with Crippen molar-refractivity contribution < 1.29 is 9.21 Å². The molecule has 1 aliphatic heterocycles. The van der Waals surface area contributed by atoms with E-state index in [-0.39, 0.29) is 11.7 Å². The summed E-state index contributed by atoms with van der Waals surface area (Å²) in [6, 6.07) is 16.4. The zero-order chi connectivity index (χ0) is 20.4. The van der Waals surface area contributed by atoms with Gasteiger partial charge >= 0.3 is 0 Å². The summed E-state index contributed by atoms with van der Waals surface area (Å²) in [6.45, 7) is 4.10. The number of hydrogen-bond acceptors (Lipinski definition) is 4. The van der Waals surface area contributed by atoms with Gasteiger partial charge in [-0.15, -0.1) is 0 Å². The van der Waals surface area contributed by atoms with Crippen molar-refractivity contribution >= 4 is 40.5 Å². The van der Waals surface area contributed by atoms with Crippen LogP contribution in [0.4, 0.5) is 11.4 Å². The zero-order valence-electron chi connectivity index (χ0n) is 16.0. The van der Waals surface area contributed by atoms with Crippen molar-refractivity contribution in [2.75, 3.05) is 43.4 Å². The zero-order valence-corrected chi connectivity index (χ0v) is 17.5. The lowest BCUT2D eigenvalue weighted by Gasteiger charge is -2.34. The highest BCUT2D eigenvalue weighted by atomic mass is 35.5. The molecule has 4 rings (SSSR count). The first-order valence-electron chi connectivity index (χ1n) is 9.40. The lowest BCUT2D eigenvalue weighted by atomic mass is 10.2. The van der Waals surface area contributed by atoms with Crippen LogP contribution in [0.15, 0.2) is 59.0 Å². The number of nitrogens with one attached hydrogen (secondary N) is 1. The van der Waals surface area contributed by atoms with Gasteiger partial charge in [0, 0.05) is 37.6 Å². The molecular formula is C22H21Cl2N3O2. The molecule has 0 radical (unpaired) electrons. The van der Waals surface area contributed by atoms with Crippen LogP contribution in [0.5, 0.6) is 0 Å². The van der Waals surface area contributed by atoms with Crippen LogP contribution < -0.4 is 10.2 Å². The minimum atomic E-state index is -0.327. The molecule has 29 heavy (non-hydrogen) atoms. The van der Waals surface area contributed by atoms with Crippen molar-refractivity contribution in [1.29, 1.82) is 0 Å².